The summed E-state index contributed by atoms with van der Waals surface area (Å²) in [4.78, 5) is 35.0. The van der Waals surface area contributed by atoms with Crippen LogP contribution in [0.3, 0.4) is 0 Å². The van der Waals surface area contributed by atoms with Crippen LogP contribution in [0.15, 0.2) is 24.3 Å². The number of aliphatic carboxylic acids is 1. The van der Waals surface area contributed by atoms with Crippen molar-refractivity contribution in [3.63, 3.8) is 0 Å². The first-order valence-electron chi connectivity index (χ1n) is 8.09. The molecule has 0 aliphatic rings. The molecule has 0 radical (unpaired) electrons. The number of rotatable bonds is 7. The van der Waals surface area contributed by atoms with Crippen molar-refractivity contribution in [1.29, 1.82) is 5.26 Å². The maximum atomic E-state index is 12.3. The Labute approximate surface area is 152 Å². The van der Waals surface area contributed by atoms with Crippen LogP contribution in [0, 0.1) is 11.3 Å². The SMILES string of the molecule is CC(C)(C)OC(=O)N[C@@H](CCC(=O)O)C(=O)NCc1ccc(C#N)cc1. The molecule has 0 aliphatic carbocycles. The van der Waals surface area contributed by atoms with Crippen LogP contribution >= 0.6 is 0 Å². The van der Waals surface area contributed by atoms with Gasteiger partial charge in [0.15, 0.2) is 0 Å². The average molecular weight is 361 g/mol. The largest absolute Gasteiger partial charge is 0.481 e. The van der Waals surface area contributed by atoms with Crippen LogP contribution in [0.25, 0.3) is 0 Å². The van der Waals surface area contributed by atoms with Gasteiger partial charge in [-0.05, 0) is 44.9 Å². The standard InChI is InChI=1S/C18H23N3O5/c1-18(2,3)26-17(25)21-14(8-9-15(22)23)16(24)20-11-13-6-4-12(10-19)5-7-13/h4-7,14H,8-9,11H2,1-3H3,(H,20,24)(H,21,25)(H,22,23)/t14-/m0/s1. The van der Waals surface area contributed by atoms with Gasteiger partial charge in [0, 0.05) is 13.0 Å². The molecule has 0 aromatic heterocycles. The fourth-order valence-corrected chi connectivity index (χ4v) is 2.00. The lowest BCUT2D eigenvalue weighted by molar-refractivity contribution is -0.137. The van der Waals surface area contributed by atoms with Gasteiger partial charge in [0.2, 0.25) is 5.91 Å². The second kappa shape index (κ2) is 9.42. The molecule has 140 valence electrons. The van der Waals surface area contributed by atoms with Crippen LogP contribution in [0.4, 0.5) is 4.79 Å². The summed E-state index contributed by atoms with van der Waals surface area (Å²) in [5.74, 6) is -1.58. The fraction of sp³-hybridized carbons (Fsp3) is 0.444. The van der Waals surface area contributed by atoms with Crippen LogP contribution in [0.5, 0.6) is 0 Å². The molecule has 0 saturated carbocycles. The van der Waals surface area contributed by atoms with E-state index in [9.17, 15) is 14.4 Å². The van der Waals surface area contributed by atoms with E-state index in [-0.39, 0.29) is 19.4 Å². The van der Waals surface area contributed by atoms with Gasteiger partial charge in [-0.25, -0.2) is 4.79 Å². The predicted octanol–water partition coefficient (Wildman–Crippen LogP) is 1.93. The summed E-state index contributed by atoms with van der Waals surface area (Å²) in [6.07, 6.45) is -1.13. The van der Waals surface area contributed by atoms with Crippen molar-refractivity contribution in [2.24, 2.45) is 0 Å². The summed E-state index contributed by atoms with van der Waals surface area (Å²) in [6.45, 7) is 5.24. The molecule has 8 nitrogen and oxygen atoms in total. The number of carbonyl (C=O) groups excluding carboxylic acids is 2. The highest BCUT2D eigenvalue weighted by Gasteiger charge is 2.24. The number of benzene rings is 1. The van der Waals surface area contributed by atoms with Crippen molar-refractivity contribution in [2.45, 2.75) is 51.8 Å². The summed E-state index contributed by atoms with van der Waals surface area (Å²) in [5, 5.41) is 22.6. The Hall–Kier alpha value is -3.08. The van der Waals surface area contributed by atoms with E-state index >= 15 is 0 Å². The second-order valence-corrected chi connectivity index (χ2v) is 6.66. The lowest BCUT2D eigenvalue weighted by Gasteiger charge is -2.23. The van der Waals surface area contributed by atoms with Gasteiger partial charge in [-0.3, -0.25) is 9.59 Å². The smallest absolute Gasteiger partial charge is 0.408 e. The van der Waals surface area contributed by atoms with E-state index in [1.165, 1.54) is 0 Å². The molecular weight excluding hydrogens is 338 g/mol. The van der Waals surface area contributed by atoms with Crippen LogP contribution in [-0.4, -0.2) is 34.7 Å². The van der Waals surface area contributed by atoms with Crippen molar-refractivity contribution < 1.29 is 24.2 Å². The Balaban J connectivity index is 2.68. The van der Waals surface area contributed by atoms with Gasteiger partial charge in [0.1, 0.15) is 11.6 Å². The normalized spacial score (nSPS) is 11.8. The molecule has 2 amide bonds. The molecule has 3 N–H and O–H groups in total. The van der Waals surface area contributed by atoms with E-state index in [4.69, 9.17) is 15.1 Å². The highest BCUT2D eigenvalue weighted by Crippen LogP contribution is 2.08. The Morgan fingerprint density at radius 3 is 2.35 bits per heavy atom. The van der Waals surface area contributed by atoms with Crippen molar-refractivity contribution in [3.05, 3.63) is 35.4 Å². The van der Waals surface area contributed by atoms with Gasteiger partial charge in [-0.1, -0.05) is 12.1 Å². The van der Waals surface area contributed by atoms with Crippen LogP contribution < -0.4 is 10.6 Å². The number of hydrogen-bond donors (Lipinski definition) is 3. The lowest BCUT2D eigenvalue weighted by atomic mass is 10.1. The van der Waals surface area contributed by atoms with Crippen molar-refractivity contribution in [2.75, 3.05) is 0 Å². The van der Waals surface area contributed by atoms with Gasteiger partial charge < -0.3 is 20.5 Å². The third kappa shape index (κ3) is 8.15. The first kappa shape index (κ1) is 21.0. The Bertz CT molecular complexity index is 686. The summed E-state index contributed by atoms with van der Waals surface area (Å²) in [5.41, 5.74) is 0.540. The number of carboxylic acids is 1. The number of nitrogens with zero attached hydrogens (tertiary/aromatic N) is 1. The van der Waals surface area contributed by atoms with Gasteiger partial charge in [-0.2, -0.15) is 5.26 Å². The van der Waals surface area contributed by atoms with E-state index in [0.29, 0.717) is 5.56 Å². The zero-order chi connectivity index (χ0) is 19.7. The second-order valence-electron chi connectivity index (χ2n) is 6.66. The maximum absolute atomic E-state index is 12.3. The quantitative estimate of drug-likeness (QED) is 0.681. The molecule has 1 atom stereocenters. The van der Waals surface area contributed by atoms with E-state index in [0.717, 1.165) is 5.56 Å². The highest BCUT2D eigenvalue weighted by atomic mass is 16.6. The summed E-state index contributed by atoms with van der Waals surface area (Å²) in [7, 11) is 0. The molecule has 0 saturated heterocycles. The molecule has 26 heavy (non-hydrogen) atoms. The molecular formula is C18H23N3O5. The molecule has 0 spiro atoms. The zero-order valence-corrected chi connectivity index (χ0v) is 15.0. The molecule has 8 heteroatoms. The van der Waals surface area contributed by atoms with Crippen LogP contribution in [-0.2, 0) is 20.9 Å². The Morgan fingerprint density at radius 1 is 1.23 bits per heavy atom. The molecule has 0 bridgehead atoms. The number of hydrogen-bond acceptors (Lipinski definition) is 5. The number of alkyl carbamates (subject to hydrolysis) is 1. The lowest BCUT2D eigenvalue weighted by Crippen LogP contribution is -2.48. The maximum Gasteiger partial charge on any atom is 0.408 e. The summed E-state index contributed by atoms with van der Waals surface area (Å²) >= 11 is 0. The minimum absolute atomic E-state index is 0.0617. The number of nitrogens with one attached hydrogen (secondary N) is 2. The van der Waals surface area contributed by atoms with Gasteiger partial charge in [0.25, 0.3) is 0 Å². The molecule has 1 aromatic rings. The monoisotopic (exact) mass is 361 g/mol. The van der Waals surface area contributed by atoms with E-state index in [2.05, 4.69) is 10.6 Å². The van der Waals surface area contributed by atoms with Crippen molar-refractivity contribution >= 4 is 18.0 Å². The number of carboxylic acid groups (broad SMARTS) is 1. The highest BCUT2D eigenvalue weighted by molar-refractivity contribution is 5.86. The average Bonchev–Trinajstić information content (AvgIpc) is 2.55. The Morgan fingerprint density at radius 2 is 1.85 bits per heavy atom. The number of amides is 2. The van der Waals surface area contributed by atoms with E-state index in [1.807, 2.05) is 6.07 Å². The van der Waals surface area contributed by atoms with Crippen molar-refractivity contribution in [1.82, 2.24) is 10.6 Å². The number of nitriles is 1. The first-order chi connectivity index (χ1) is 12.1. The molecule has 1 rings (SSSR count). The topological polar surface area (TPSA) is 129 Å². The summed E-state index contributed by atoms with van der Waals surface area (Å²) in [6, 6.07) is 7.63. The number of ether oxygens (including phenoxy) is 1. The van der Waals surface area contributed by atoms with Gasteiger partial charge in [0.05, 0.1) is 11.6 Å². The van der Waals surface area contributed by atoms with Gasteiger partial charge >= 0.3 is 12.1 Å². The van der Waals surface area contributed by atoms with Gasteiger partial charge in [-0.15, -0.1) is 0 Å². The third-order valence-corrected chi connectivity index (χ3v) is 3.20. The fourth-order valence-electron chi connectivity index (χ4n) is 2.00. The molecule has 0 heterocycles. The summed E-state index contributed by atoms with van der Waals surface area (Å²) < 4.78 is 5.11. The first-order valence-corrected chi connectivity index (χ1v) is 8.09. The van der Waals surface area contributed by atoms with Crippen LogP contribution in [0.2, 0.25) is 0 Å². The third-order valence-electron chi connectivity index (χ3n) is 3.20. The molecule has 0 aliphatic heterocycles. The minimum atomic E-state index is -1.07. The predicted molar refractivity (Wildman–Crippen MR) is 93.0 cm³/mol. The van der Waals surface area contributed by atoms with E-state index in [1.54, 1.807) is 45.0 Å². The number of carbonyl (C=O) groups is 3. The molecule has 0 fully saturated rings. The molecule has 0 unspecified atom stereocenters. The zero-order valence-electron chi connectivity index (χ0n) is 15.0. The molecule has 1 aromatic carbocycles. The van der Waals surface area contributed by atoms with E-state index < -0.39 is 29.6 Å². The van der Waals surface area contributed by atoms with Crippen molar-refractivity contribution in [3.8, 4) is 6.07 Å². The minimum Gasteiger partial charge on any atom is -0.481 e. The van der Waals surface area contributed by atoms with Crippen LogP contribution in [0.1, 0.15) is 44.7 Å². The Kier molecular flexibility index (Phi) is 7.59.